The van der Waals surface area contributed by atoms with Gasteiger partial charge in [0.05, 0.1) is 0 Å². The first kappa shape index (κ1) is 20.7. The monoisotopic (exact) mass is 597 g/mol. The second kappa shape index (κ2) is 8.72. The molecule has 0 bridgehead atoms. The van der Waals surface area contributed by atoms with E-state index >= 15 is 0 Å². The van der Waals surface area contributed by atoms with E-state index in [2.05, 4.69) is 41.4 Å². The summed E-state index contributed by atoms with van der Waals surface area (Å²) in [4.78, 5) is 9.24. The van der Waals surface area contributed by atoms with Gasteiger partial charge in [-0.05, 0) is 22.9 Å². The maximum atomic E-state index is 6.18. The Morgan fingerprint density at radius 2 is 1.56 bits per heavy atom. The molecule has 32 heavy (non-hydrogen) atoms. The van der Waals surface area contributed by atoms with Crippen LogP contribution in [-0.4, -0.2) is 17.0 Å². The van der Waals surface area contributed by atoms with Crippen molar-refractivity contribution < 1.29 is 30.5 Å². The van der Waals surface area contributed by atoms with E-state index in [0.29, 0.717) is 17.4 Å². The molecule has 6 rings (SSSR count). The second-order valence-corrected chi connectivity index (χ2v) is 7.61. The Hall–Kier alpha value is -3.23. The maximum absolute atomic E-state index is 6.18. The number of benzene rings is 3. The van der Waals surface area contributed by atoms with E-state index in [9.17, 15) is 0 Å². The Bertz CT molecular complexity index is 1290. The number of nitrogens with zero attached hydrogens (tertiary/aromatic N) is 2. The molecule has 0 unspecified atom stereocenters. The molecule has 0 radical (unpaired) electrons. The smallest absolute Gasteiger partial charge is 0.514 e. The van der Waals surface area contributed by atoms with Crippen molar-refractivity contribution in [3.63, 3.8) is 0 Å². The number of aliphatic imine (C=N–C) groups is 1. The van der Waals surface area contributed by atoms with Gasteiger partial charge >= 0.3 is 21.1 Å². The Kier molecular flexibility index (Phi) is 5.63. The summed E-state index contributed by atoms with van der Waals surface area (Å²) in [7, 11) is 0. The van der Waals surface area contributed by atoms with E-state index in [1.54, 1.807) is 6.20 Å². The van der Waals surface area contributed by atoms with Crippen LogP contribution in [0, 0.1) is 12.1 Å². The topological polar surface area (TPSA) is 43.7 Å². The molecular weight excluding hydrogens is 579 g/mol. The summed E-state index contributed by atoms with van der Waals surface area (Å²) in [5, 5.41) is 0. The third kappa shape index (κ3) is 3.87. The minimum atomic E-state index is 0. The van der Waals surface area contributed by atoms with E-state index in [1.165, 1.54) is 11.1 Å². The summed E-state index contributed by atoms with van der Waals surface area (Å²) in [6.07, 6.45) is 2.72. The van der Waals surface area contributed by atoms with Gasteiger partial charge < -0.3 is 14.5 Å². The fraction of sp³-hybridized carbons (Fsp3) is 0.111. The summed E-state index contributed by atoms with van der Waals surface area (Å²) in [6.45, 7) is 0. The van der Waals surface area contributed by atoms with Crippen molar-refractivity contribution in [3.8, 4) is 22.8 Å². The number of hydrogen-bond donors (Lipinski definition) is 0. The van der Waals surface area contributed by atoms with E-state index in [0.717, 1.165) is 23.2 Å². The largest absolute Gasteiger partial charge is 2.00 e. The normalized spacial score (nSPS) is 18.1. The fourth-order valence-electron chi connectivity index (χ4n) is 4.16. The predicted octanol–water partition coefficient (Wildman–Crippen LogP) is 5.58. The molecule has 0 saturated carbocycles. The minimum Gasteiger partial charge on any atom is -0.514 e. The van der Waals surface area contributed by atoms with Crippen LogP contribution < -0.4 is 4.74 Å². The molecule has 2 aliphatic rings. The molecule has 3 aromatic carbocycles. The van der Waals surface area contributed by atoms with Crippen molar-refractivity contribution in [1.29, 1.82) is 0 Å². The van der Waals surface area contributed by atoms with Crippen molar-refractivity contribution >= 4 is 5.90 Å². The minimum absolute atomic E-state index is 0. The molecule has 158 valence electrons. The van der Waals surface area contributed by atoms with Gasteiger partial charge in [-0.15, -0.1) is 42.0 Å². The quantitative estimate of drug-likeness (QED) is 0.289. The first-order valence-electron chi connectivity index (χ1n) is 10.3. The van der Waals surface area contributed by atoms with Gasteiger partial charge in [0.25, 0.3) is 0 Å². The average molecular weight is 598 g/mol. The molecule has 0 N–H and O–H groups in total. The summed E-state index contributed by atoms with van der Waals surface area (Å²) in [6, 6.07) is 32.4. The SMILES string of the molecule is [Pt+2].[c-]1c(Oc2[c-]c(-c3ccccn3)ccc2)cccc1C1=N[C@@H]2c3ccccc3C[C@@H]2O1. The van der Waals surface area contributed by atoms with E-state index in [-0.39, 0.29) is 33.2 Å². The third-order valence-electron chi connectivity index (χ3n) is 5.59. The van der Waals surface area contributed by atoms with Gasteiger partial charge in [-0.2, -0.15) is 0 Å². The number of pyridine rings is 1. The first-order chi connectivity index (χ1) is 15.3. The second-order valence-electron chi connectivity index (χ2n) is 7.61. The van der Waals surface area contributed by atoms with Crippen molar-refractivity contribution in [2.45, 2.75) is 18.6 Å². The third-order valence-corrected chi connectivity index (χ3v) is 5.59. The summed E-state index contributed by atoms with van der Waals surface area (Å²) < 4.78 is 12.2. The molecule has 0 spiro atoms. The Morgan fingerprint density at radius 1 is 0.812 bits per heavy atom. The standard InChI is InChI=1S/C27H18N2O2.Pt/c1-2-12-23-18(7-1)17-25-26(23)29-27(31-25)20-9-6-11-22(16-20)30-21-10-5-8-19(15-21)24-13-3-4-14-28-24;/h1-14,25-26H,17H2;/q-2;+2/t25-,26+;/m0./s1. The summed E-state index contributed by atoms with van der Waals surface area (Å²) in [5.41, 5.74) is 5.11. The van der Waals surface area contributed by atoms with Gasteiger partial charge in [0.1, 0.15) is 18.0 Å². The molecule has 0 saturated heterocycles. The molecule has 2 atom stereocenters. The number of fused-ring (bicyclic) bond motifs is 3. The van der Waals surface area contributed by atoms with Crippen LogP contribution >= 0.6 is 0 Å². The molecule has 2 heterocycles. The fourth-order valence-corrected chi connectivity index (χ4v) is 4.16. The van der Waals surface area contributed by atoms with Crippen LogP contribution in [0.2, 0.25) is 0 Å². The average Bonchev–Trinajstić information content (AvgIpc) is 3.38. The molecule has 1 aliphatic heterocycles. The zero-order valence-corrected chi connectivity index (χ0v) is 19.2. The van der Waals surface area contributed by atoms with Crippen molar-refractivity contribution in [1.82, 2.24) is 4.98 Å². The van der Waals surface area contributed by atoms with E-state index < -0.39 is 0 Å². The van der Waals surface area contributed by atoms with Gasteiger partial charge in [0.15, 0.2) is 0 Å². The van der Waals surface area contributed by atoms with Crippen LogP contribution in [0.5, 0.6) is 11.5 Å². The van der Waals surface area contributed by atoms with E-state index in [1.807, 2.05) is 54.6 Å². The van der Waals surface area contributed by atoms with Crippen LogP contribution in [0.25, 0.3) is 11.3 Å². The van der Waals surface area contributed by atoms with Crippen LogP contribution in [0.4, 0.5) is 0 Å². The van der Waals surface area contributed by atoms with Crippen LogP contribution in [0.3, 0.4) is 0 Å². The van der Waals surface area contributed by atoms with E-state index in [4.69, 9.17) is 14.5 Å². The number of rotatable bonds is 4. The van der Waals surface area contributed by atoms with Gasteiger partial charge in [-0.3, -0.25) is 4.99 Å². The van der Waals surface area contributed by atoms with Crippen molar-refractivity contribution in [3.05, 3.63) is 114 Å². The molecule has 0 amide bonds. The molecule has 0 fully saturated rings. The van der Waals surface area contributed by atoms with Crippen LogP contribution in [-0.2, 0) is 32.2 Å². The van der Waals surface area contributed by atoms with Gasteiger partial charge in [-0.25, -0.2) is 0 Å². The Balaban J connectivity index is 0.00000216. The molecule has 1 aliphatic carbocycles. The van der Waals surface area contributed by atoms with Gasteiger partial charge in [0, 0.05) is 24.1 Å². The van der Waals surface area contributed by atoms with Gasteiger partial charge in [0.2, 0.25) is 0 Å². The van der Waals surface area contributed by atoms with Crippen LogP contribution in [0.15, 0.2) is 90.1 Å². The number of ether oxygens (including phenoxy) is 2. The molecule has 4 aromatic rings. The van der Waals surface area contributed by atoms with Crippen LogP contribution in [0.1, 0.15) is 22.7 Å². The molecular formula is C27H18N2O2Pt. The molecule has 1 aromatic heterocycles. The maximum Gasteiger partial charge on any atom is 2.00 e. The molecule has 4 nitrogen and oxygen atoms in total. The zero-order chi connectivity index (χ0) is 20.6. The summed E-state index contributed by atoms with van der Waals surface area (Å²) >= 11 is 0. The number of hydrogen-bond acceptors (Lipinski definition) is 4. The molecule has 5 heteroatoms. The van der Waals surface area contributed by atoms with Crippen molar-refractivity contribution in [2.24, 2.45) is 4.99 Å². The Morgan fingerprint density at radius 3 is 2.38 bits per heavy atom. The Labute approximate surface area is 201 Å². The van der Waals surface area contributed by atoms with Gasteiger partial charge in [-0.1, -0.05) is 54.1 Å². The first-order valence-corrected chi connectivity index (χ1v) is 10.3. The van der Waals surface area contributed by atoms with Crippen molar-refractivity contribution in [2.75, 3.05) is 0 Å². The number of aromatic nitrogens is 1. The summed E-state index contributed by atoms with van der Waals surface area (Å²) in [5.74, 6) is 1.83. The predicted molar refractivity (Wildman–Crippen MR) is 118 cm³/mol. The zero-order valence-electron chi connectivity index (χ0n) is 17.0.